The lowest BCUT2D eigenvalue weighted by molar-refractivity contribution is -0.124. The zero-order valence-corrected chi connectivity index (χ0v) is 9.83. The summed E-state index contributed by atoms with van der Waals surface area (Å²) in [5, 5.41) is 3.02. The molecule has 0 aromatic heterocycles. The third-order valence-electron chi connectivity index (χ3n) is 3.54. The summed E-state index contributed by atoms with van der Waals surface area (Å²) in [6.45, 7) is 0. The fourth-order valence-electron chi connectivity index (χ4n) is 2.83. The molecule has 1 N–H and O–H groups in total. The average molecular weight is 266 g/mol. The molecule has 15 heavy (non-hydrogen) atoms. The van der Waals surface area contributed by atoms with Gasteiger partial charge in [-0.15, -0.1) is 0 Å². The first-order valence-corrected chi connectivity index (χ1v) is 6.09. The molecule has 2 nitrogen and oxygen atoms in total. The van der Waals surface area contributed by atoms with Crippen LogP contribution in [0.4, 0.5) is 0 Å². The van der Waals surface area contributed by atoms with Crippen LogP contribution in [0.2, 0.25) is 0 Å². The topological polar surface area (TPSA) is 29.1 Å². The molecule has 1 amide bonds. The molecule has 1 heterocycles. The third kappa shape index (κ3) is 1.49. The lowest BCUT2D eigenvalue weighted by atomic mass is 9.88. The zero-order valence-electron chi connectivity index (χ0n) is 8.24. The summed E-state index contributed by atoms with van der Waals surface area (Å²) in [7, 11) is 0. The van der Waals surface area contributed by atoms with Gasteiger partial charge >= 0.3 is 0 Å². The van der Waals surface area contributed by atoms with Crippen LogP contribution in [0.5, 0.6) is 0 Å². The van der Waals surface area contributed by atoms with Crippen LogP contribution in [-0.2, 0) is 4.79 Å². The van der Waals surface area contributed by atoms with Crippen molar-refractivity contribution in [3.8, 4) is 0 Å². The summed E-state index contributed by atoms with van der Waals surface area (Å²) in [6, 6.07) is 8.79. The largest absolute Gasteiger partial charge is 0.353 e. The van der Waals surface area contributed by atoms with Crippen LogP contribution >= 0.6 is 15.9 Å². The van der Waals surface area contributed by atoms with E-state index < -0.39 is 0 Å². The molecule has 0 unspecified atom stereocenters. The predicted octanol–water partition coefficient (Wildman–Crippen LogP) is 2.44. The molecule has 1 saturated carbocycles. The minimum Gasteiger partial charge on any atom is -0.353 e. The van der Waals surface area contributed by atoms with E-state index in [-0.39, 0.29) is 11.8 Å². The van der Waals surface area contributed by atoms with Crippen molar-refractivity contribution in [1.82, 2.24) is 5.32 Å². The fraction of sp³-hybridized carbons (Fsp3) is 0.417. The van der Waals surface area contributed by atoms with Crippen LogP contribution in [0.1, 0.15) is 24.3 Å². The van der Waals surface area contributed by atoms with Crippen LogP contribution in [0.3, 0.4) is 0 Å². The Hall–Kier alpha value is -0.830. The van der Waals surface area contributed by atoms with E-state index in [0.717, 1.165) is 17.3 Å². The number of rotatable bonds is 1. The molecule has 3 atom stereocenters. The van der Waals surface area contributed by atoms with Gasteiger partial charge in [0.2, 0.25) is 5.91 Å². The van der Waals surface area contributed by atoms with E-state index in [1.807, 2.05) is 0 Å². The number of nitrogens with one attached hydrogen (secondary N) is 1. The van der Waals surface area contributed by atoms with Crippen LogP contribution < -0.4 is 5.32 Å². The van der Waals surface area contributed by atoms with Gasteiger partial charge in [-0.2, -0.15) is 0 Å². The Balaban J connectivity index is 1.90. The molecular formula is C12H12BrNO. The van der Waals surface area contributed by atoms with Crippen LogP contribution in [0.25, 0.3) is 0 Å². The number of piperidine rings is 1. The van der Waals surface area contributed by atoms with Gasteiger partial charge < -0.3 is 5.32 Å². The predicted molar refractivity (Wildman–Crippen MR) is 61.5 cm³/mol. The number of benzene rings is 1. The SMILES string of the molecule is O=C1N[C@H]2C[C@@H]1[C@H](c1ccc(Br)cc1)C2. The van der Waals surface area contributed by atoms with Gasteiger partial charge in [-0.05, 0) is 36.5 Å². The first kappa shape index (κ1) is 9.40. The van der Waals surface area contributed by atoms with E-state index in [4.69, 9.17) is 0 Å². The highest BCUT2D eigenvalue weighted by Crippen LogP contribution is 2.43. The van der Waals surface area contributed by atoms with E-state index in [2.05, 4.69) is 45.5 Å². The fourth-order valence-corrected chi connectivity index (χ4v) is 3.10. The Morgan fingerprint density at radius 3 is 2.40 bits per heavy atom. The number of halogens is 1. The van der Waals surface area contributed by atoms with Crippen molar-refractivity contribution >= 4 is 21.8 Å². The van der Waals surface area contributed by atoms with Crippen molar-refractivity contribution in [1.29, 1.82) is 0 Å². The van der Waals surface area contributed by atoms with Gasteiger partial charge in [0.1, 0.15) is 0 Å². The molecule has 0 spiro atoms. The summed E-state index contributed by atoms with van der Waals surface area (Å²) in [4.78, 5) is 11.6. The van der Waals surface area contributed by atoms with Gasteiger partial charge in [0.15, 0.2) is 0 Å². The van der Waals surface area contributed by atoms with Crippen molar-refractivity contribution in [2.75, 3.05) is 0 Å². The van der Waals surface area contributed by atoms with Gasteiger partial charge in [-0.25, -0.2) is 0 Å². The van der Waals surface area contributed by atoms with Crippen LogP contribution in [0, 0.1) is 5.92 Å². The van der Waals surface area contributed by atoms with Crippen LogP contribution in [-0.4, -0.2) is 11.9 Å². The number of hydrogen-bond donors (Lipinski definition) is 1. The zero-order chi connectivity index (χ0) is 10.4. The molecule has 3 heteroatoms. The average Bonchev–Trinajstić information content (AvgIpc) is 2.77. The van der Waals surface area contributed by atoms with E-state index in [9.17, 15) is 4.79 Å². The van der Waals surface area contributed by atoms with E-state index in [1.165, 1.54) is 5.56 Å². The molecule has 1 aliphatic heterocycles. The standard InChI is InChI=1S/C12H12BrNO/c13-8-3-1-7(2-4-8)10-5-9-6-11(10)12(15)14-9/h1-4,9-11H,5-6H2,(H,14,15)/t9-,10+,11-/m1/s1. The highest BCUT2D eigenvalue weighted by atomic mass is 79.9. The van der Waals surface area contributed by atoms with E-state index >= 15 is 0 Å². The summed E-state index contributed by atoms with van der Waals surface area (Å²) in [5.41, 5.74) is 1.31. The summed E-state index contributed by atoms with van der Waals surface area (Å²) in [6.07, 6.45) is 2.14. The quantitative estimate of drug-likeness (QED) is 0.831. The lowest BCUT2D eigenvalue weighted by Gasteiger charge is -2.21. The monoisotopic (exact) mass is 265 g/mol. The van der Waals surface area contributed by atoms with Crippen LogP contribution in [0.15, 0.2) is 28.7 Å². The number of amides is 1. The minimum absolute atomic E-state index is 0.219. The third-order valence-corrected chi connectivity index (χ3v) is 4.07. The number of fused-ring (bicyclic) bond motifs is 2. The molecular weight excluding hydrogens is 254 g/mol. The van der Waals surface area contributed by atoms with Crippen molar-refractivity contribution in [2.45, 2.75) is 24.8 Å². The lowest BCUT2D eigenvalue weighted by Crippen LogP contribution is -2.34. The van der Waals surface area contributed by atoms with Gasteiger partial charge in [0, 0.05) is 16.4 Å². The number of carbonyl (C=O) groups excluding carboxylic acids is 1. The number of hydrogen-bond acceptors (Lipinski definition) is 1. The first-order valence-electron chi connectivity index (χ1n) is 5.30. The number of carbonyl (C=O) groups is 1. The molecule has 2 bridgehead atoms. The second kappa shape index (κ2) is 3.34. The Morgan fingerprint density at radius 2 is 1.80 bits per heavy atom. The first-order chi connectivity index (χ1) is 7.24. The Morgan fingerprint density at radius 1 is 1.13 bits per heavy atom. The second-order valence-corrected chi connectivity index (χ2v) is 5.36. The molecule has 2 fully saturated rings. The van der Waals surface area contributed by atoms with Gasteiger partial charge in [0.05, 0.1) is 0 Å². The molecule has 78 valence electrons. The summed E-state index contributed by atoms with van der Waals surface area (Å²) >= 11 is 3.43. The molecule has 0 radical (unpaired) electrons. The summed E-state index contributed by atoms with van der Waals surface area (Å²) in [5.74, 6) is 0.909. The highest BCUT2D eigenvalue weighted by molar-refractivity contribution is 9.10. The second-order valence-electron chi connectivity index (χ2n) is 4.44. The van der Waals surface area contributed by atoms with Gasteiger partial charge in [0.25, 0.3) is 0 Å². The van der Waals surface area contributed by atoms with Crippen molar-refractivity contribution in [3.63, 3.8) is 0 Å². The van der Waals surface area contributed by atoms with E-state index in [1.54, 1.807) is 0 Å². The van der Waals surface area contributed by atoms with Gasteiger partial charge in [-0.1, -0.05) is 28.1 Å². The Bertz CT molecular complexity index is 401. The Labute approximate surface area is 97.2 Å². The smallest absolute Gasteiger partial charge is 0.224 e. The maximum absolute atomic E-state index is 11.6. The summed E-state index contributed by atoms with van der Waals surface area (Å²) < 4.78 is 1.10. The minimum atomic E-state index is 0.219. The van der Waals surface area contributed by atoms with Crippen molar-refractivity contribution < 1.29 is 4.79 Å². The molecule has 1 aliphatic carbocycles. The maximum atomic E-state index is 11.6. The highest BCUT2D eigenvalue weighted by Gasteiger charge is 2.45. The van der Waals surface area contributed by atoms with Gasteiger partial charge in [-0.3, -0.25) is 4.79 Å². The van der Waals surface area contributed by atoms with Crippen molar-refractivity contribution in [3.05, 3.63) is 34.3 Å². The molecule has 3 rings (SSSR count). The molecule has 1 aromatic carbocycles. The Kier molecular flexibility index (Phi) is 2.09. The van der Waals surface area contributed by atoms with Crippen molar-refractivity contribution in [2.24, 2.45) is 5.92 Å². The van der Waals surface area contributed by atoms with E-state index in [0.29, 0.717) is 12.0 Å². The maximum Gasteiger partial charge on any atom is 0.224 e. The molecule has 2 aliphatic rings. The molecule has 1 saturated heterocycles. The molecule has 1 aromatic rings. The normalized spacial score (nSPS) is 33.1.